The molecule has 0 unspecified atom stereocenters. The minimum Gasteiger partial charge on any atom is -0.411 e. The summed E-state index contributed by atoms with van der Waals surface area (Å²) in [6, 6.07) is 0. The van der Waals surface area contributed by atoms with E-state index in [2.05, 4.69) is 15.1 Å². The highest BCUT2D eigenvalue weighted by atomic mass is 35.5. The van der Waals surface area contributed by atoms with E-state index in [4.69, 9.17) is 28.4 Å². The predicted octanol–water partition coefficient (Wildman–Crippen LogP) is 3.14. The maximum Gasteiger partial charge on any atom is 0.166 e. The molecule has 0 radical (unpaired) electrons. The van der Waals surface area contributed by atoms with Crippen LogP contribution in [0.25, 0.3) is 0 Å². The number of nitrogens with one attached hydrogen (secondary N) is 1. The van der Waals surface area contributed by atoms with E-state index in [1.165, 1.54) is 0 Å². The molecule has 6 heteroatoms. The average molecular weight is 250 g/mol. The molecule has 0 aliphatic heterocycles. The first-order valence-electron chi connectivity index (χ1n) is 4.46. The van der Waals surface area contributed by atoms with Gasteiger partial charge in [-0.05, 0) is 0 Å². The van der Waals surface area contributed by atoms with Crippen molar-refractivity contribution in [2.75, 3.05) is 0 Å². The maximum absolute atomic E-state index is 8.88. The molecule has 0 bridgehead atoms. The lowest BCUT2D eigenvalue weighted by Crippen LogP contribution is -2.23. The molecule has 0 atom stereocenters. The van der Waals surface area contributed by atoms with Gasteiger partial charge in [0.15, 0.2) is 5.15 Å². The fraction of sp³-hybridized carbons (Fsp3) is 0.556. The summed E-state index contributed by atoms with van der Waals surface area (Å²) < 4.78 is 0. The van der Waals surface area contributed by atoms with E-state index >= 15 is 0 Å². The Kier molecular flexibility index (Phi) is 3.62. The lowest BCUT2D eigenvalue weighted by molar-refractivity contribution is 0.309. The average Bonchev–Trinajstić information content (AvgIpc) is 2.40. The van der Waals surface area contributed by atoms with Crippen LogP contribution in [0.15, 0.2) is 5.16 Å². The summed E-state index contributed by atoms with van der Waals surface area (Å²) in [5.74, 6) is 0.590. The number of hydrogen-bond acceptors (Lipinski definition) is 3. The van der Waals surface area contributed by atoms with Crippen molar-refractivity contribution in [2.24, 2.45) is 10.6 Å². The van der Waals surface area contributed by atoms with Crippen molar-refractivity contribution >= 4 is 28.9 Å². The number of aromatic amines is 1. The van der Waals surface area contributed by atoms with Crippen LogP contribution < -0.4 is 0 Å². The zero-order chi connectivity index (χ0) is 11.6. The third-order valence-corrected chi connectivity index (χ3v) is 2.63. The summed E-state index contributed by atoms with van der Waals surface area (Å²) in [5, 5.41) is 12.7. The molecule has 0 amide bonds. The minimum atomic E-state index is -0.222. The third kappa shape index (κ3) is 3.11. The molecule has 84 valence electrons. The van der Waals surface area contributed by atoms with Gasteiger partial charge in [-0.25, -0.2) is 4.98 Å². The second-order valence-corrected chi connectivity index (χ2v) is 5.00. The first-order valence-corrected chi connectivity index (χ1v) is 5.21. The van der Waals surface area contributed by atoms with E-state index in [9.17, 15) is 0 Å². The van der Waals surface area contributed by atoms with Gasteiger partial charge in [-0.2, -0.15) is 0 Å². The summed E-state index contributed by atoms with van der Waals surface area (Å²) in [6.07, 6.45) is 0.395. The number of oxime groups is 1. The molecule has 1 aromatic heterocycles. The molecular weight excluding hydrogens is 237 g/mol. The number of hydrogen-bond donors (Lipinski definition) is 2. The van der Waals surface area contributed by atoms with Crippen LogP contribution >= 0.6 is 23.2 Å². The quantitative estimate of drug-likeness (QED) is 0.481. The Bertz CT molecular complexity index is 360. The predicted molar refractivity (Wildman–Crippen MR) is 61.0 cm³/mol. The smallest absolute Gasteiger partial charge is 0.166 e. The van der Waals surface area contributed by atoms with E-state index in [-0.39, 0.29) is 10.6 Å². The van der Waals surface area contributed by atoms with Gasteiger partial charge in [0.1, 0.15) is 11.0 Å². The third-order valence-electron chi connectivity index (χ3n) is 1.99. The molecule has 15 heavy (non-hydrogen) atoms. The van der Waals surface area contributed by atoms with Gasteiger partial charge in [0, 0.05) is 11.8 Å². The van der Waals surface area contributed by atoms with E-state index in [1.54, 1.807) is 0 Å². The zero-order valence-corrected chi connectivity index (χ0v) is 10.3. The summed E-state index contributed by atoms with van der Waals surface area (Å²) in [6.45, 7) is 5.86. The molecule has 0 saturated carbocycles. The lowest BCUT2D eigenvalue weighted by Gasteiger charge is -2.18. The van der Waals surface area contributed by atoms with E-state index in [0.29, 0.717) is 23.1 Å². The molecule has 0 aliphatic carbocycles. The first-order chi connectivity index (χ1) is 6.84. The second-order valence-electron chi connectivity index (χ2n) is 4.26. The van der Waals surface area contributed by atoms with E-state index in [1.807, 2.05) is 20.8 Å². The minimum absolute atomic E-state index is 0.222. The van der Waals surface area contributed by atoms with E-state index < -0.39 is 0 Å². The maximum atomic E-state index is 8.88. The highest BCUT2D eigenvalue weighted by Gasteiger charge is 2.21. The van der Waals surface area contributed by atoms with Crippen molar-refractivity contribution in [2.45, 2.75) is 27.2 Å². The number of aromatic nitrogens is 2. The Labute approximate surface area is 98.3 Å². The van der Waals surface area contributed by atoms with Crippen molar-refractivity contribution < 1.29 is 5.21 Å². The number of rotatable bonds is 2. The Hall–Kier alpha value is -0.740. The molecule has 2 N–H and O–H groups in total. The Morgan fingerprint density at radius 3 is 2.40 bits per heavy atom. The highest BCUT2D eigenvalue weighted by molar-refractivity contribution is 6.40. The molecule has 1 heterocycles. The topological polar surface area (TPSA) is 61.3 Å². The molecule has 0 aliphatic rings. The lowest BCUT2D eigenvalue weighted by atomic mass is 9.88. The van der Waals surface area contributed by atoms with Crippen molar-refractivity contribution in [3.05, 3.63) is 16.1 Å². The van der Waals surface area contributed by atoms with Crippen molar-refractivity contribution in [3.8, 4) is 0 Å². The zero-order valence-electron chi connectivity index (χ0n) is 8.80. The monoisotopic (exact) mass is 249 g/mol. The van der Waals surface area contributed by atoms with Crippen molar-refractivity contribution in [3.63, 3.8) is 0 Å². The molecule has 1 aromatic rings. The van der Waals surface area contributed by atoms with Crippen molar-refractivity contribution in [1.82, 2.24) is 9.97 Å². The summed E-state index contributed by atoms with van der Waals surface area (Å²) >= 11 is 11.4. The number of nitrogens with zero attached hydrogens (tertiary/aromatic N) is 2. The summed E-state index contributed by atoms with van der Waals surface area (Å²) in [5.41, 5.74) is 0.394. The van der Waals surface area contributed by atoms with E-state index in [0.717, 1.165) is 0 Å². The van der Waals surface area contributed by atoms with Gasteiger partial charge in [-0.3, -0.25) is 0 Å². The van der Waals surface area contributed by atoms with Gasteiger partial charge in [0.05, 0.1) is 5.71 Å². The normalized spacial score (nSPS) is 13.3. The number of halogens is 2. The van der Waals surface area contributed by atoms with Crippen LogP contribution in [-0.4, -0.2) is 20.9 Å². The van der Waals surface area contributed by atoms with Crippen LogP contribution in [-0.2, 0) is 6.42 Å². The SMILES string of the molecule is CC(C)(C)C(Cc1nc(Cl)c(Cl)[nH]1)=NO. The second kappa shape index (κ2) is 4.41. The van der Waals surface area contributed by atoms with Crippen LogP contribution in [0.4, 0.5) is 0 Å². The van der Waals surface area contributed by atoms with Crippen LogP contribution in [0.2, 0.25) is 10.3 Å². The Morgan fingerprint density at radius 1 is 1.47 bits per heavy atom. The van der Waals surface area contributed by atoms with Gasteiger partial charge in [-0.15, -0.1) is 0 Å². The Balaban J connectivity index is 2.86. The standard InChI is InChI=1S/C9H13Cl2N3O/c1-9(2,3)5(14-15)4-6-12-7(10)8(11)13-6/h15H,4H2,1-3H3,(H,12,13). The number of imidazole rings is 1. The molecule has 0 fully saturated rings. The van der Waals surface area contributed by atoms with Gasteiger partial charge in [0.2, 0.25) is 0 Å². The summed E-state index contributed by atoms with van der Waals surface area (Å²) in [7, 11) is 0. The van der Waals surface area contributed by atoms with Gasteiger partial charge in [-0.1, -0.05) is 49.1 Å². The first kappa shape index (κ1) is 12.3. The molecule has 4 nitrogen and oxygen atoms in total. The van der Waals surface area contributed by atoms with Crippen LogP contribution in [0.3, 0.4) is 0 Å². The molecule has 1 rings (SSSR count). The molecule has 0 spiro atoms. The van der Waals surface area contributed by atoms with Gasteiger partial charge >= 0.3 is 0 Å². The molecular formula is C9H13Cl2N3O. The molecule has 0 aromatic carbocycles. The molecule has 0 saturated heterocycles. The fourth-order valence-electron chi connectivity index (χ4n) is 1.07. The van der Waals surface area contributed by atoms with Gasteiger partial charge < -0.3 is 10.2 Å². The number of H-pyrrole nitrogens is 1. The van der Waals surface area contributed by atoms with Crippen LogP contribution in [0, 0.1) is 5.41 Å². The Morgan fingerprint density at radius 2 is 2.07 bits per heavy atom. The van der Waals surface area contributed by atoms with Crippen LogP contribution in [0.5, 0.6) is 0 Å². The summed E-state index contributed by atoms with van der Waals surface area (Å²) in [4.78, 5) is 6.81. The van der Waals surface area contributed by atoms with Gasteiger partial charge in [0.25, 0.3) is 0 Å². The largest absolute Gasteiger partial charge is 0.411 e. The highest BCUT2D eigenvalue weighted by Crippen LogP contribution is 2.22. The van der Waals surface area contributed by atoms with Crippen molar-refractivity contribution in [1.29, 1.82) is 0 Å². The fourth-order valence-corrected chi connectivity index (χ4v) is 1.37. The van der Waals surface area contributed by atoms with Crippen LogP contribution in [0.1, 0.15) is 26.6 Å².